The van der Waals surface area contributed by atoms with Gasteiger partial charge in [0.25, 0.3) is 5.91 Å². The van der Waals surface area contributed by atoms with Gasteiger partial charge in [0.05, 0.1) is 5.69 Å². The Labute approximate surface area is 129 Å². The maximum Gasteiger partial charge on any atom is 0.255 e. The van der Waals surface area contributed by atoms with Crippen molar-refractivity contribution < 1.29 is 9.53 Å². The average Bonchev–Trinajstić information content (AvgIpc) is 3.10. The van der Waals surface area contributed by atoms with Gasteiger partial charge in [-0.3, -0.25) is 10.1 Å². The molecule has 0 saturated carbocycles. The van der Waals surface area contributed by atoms with Gasteiger partial charge in [0.1, 0.15) is 6.10 Å². The van der Waals surface area contributed by atoms with Gasteiger partial charge in [-0.2, -0.15) is 0 Å². The van der Waals surface area contributed by atoms with Crippen LogP contribution in [0.4, 0.5) is 5.13 Å². The molecule has 0 radical (unpaired) electrons. The Morgan fingerprint density at radius 2 is 2.20 bits per heavy atom. The molecule has 1 fully saturated rings. The Hall–Kier alpha value is -1.24. The number of thiazole rings is 1. The first-order valence-corrected chi connectivity index (χ1v) is 8.03. The third-order valence-electron chi connectivity index (χ3n) is 3.10. The van der Waals surface area contributed by atoms with Gasteiger partial charge in [0, 0.05) is 22.0 Å². The number of aromatic nitrogens is 1. The lowest BCUT2D eigenvalue weighted by Crippen LogP contribution is -2.26. The molecule has 0 aliphatic carbocycles. The number of halogens is 1. The van der Waals surface area contributed by atoms with Gasteiger partial charge >= 0.3 is 0 Å². The molecule has 1 aliphatic rings. The lowest BCUT2D eigenvalue weighted by molar-refractivity contribution is -0.124. The first-order chi connectivity index (χ1) is 9.72. The van der Waals surface area contributed by atoms with E-state index < -0.39 is 0 Å². The van der Waals surface area contributed by atoms with E-state index in [9.17, 15) is 4.79 Å². The average molecular weight is 353 g/mol. The Morgan fingerprint density at radius 3 is 2.90 bits per heavy atom. The normalized spacial score (nSPS) is 18.1. The number of nitrogens with one attached hydrogen (secondary N) is 1. The van der Waals surface area contributed by atoms with E-state index in [1.807, 2.05) is 29.6 Å². The molecule has 2 heterocycles. The summed E-state index contributed by atoms with van der Waals surface area (Å²) in [6, 6.07) is 7.92. The Bertz CT molecular complexity index is 606. The van der Waals surface area contributed by atoms with Gasteiger partial charge in [-0.1, -0.05) is 28.1 Å². The molecule has 0 unspecified atom stereocenters. The minimum Gasteiger partial charge on any atom is -0.368 e. The zero-order chi connectivity index (χ0) is 13.9. The van der Waals surface area contributed by atoms with Crippen molar-refractivity contribution in [2.45, 2.75) is 18.9 Å². The number of benzene rings is 1. The molecule has 1 aromatic carbocycles. The predicted molar refractivity (Wildman–Crippen MR) is 82.9 cm³/mol. The Morgan fingerprint density at radius 1 is 1.40 bits per heavy atom. The highest BCUT2D eigenvalue weighted by atomic mass is 79.9. The van der Waals surface area contributed by atoms with Gasteiger partial charge in [-0.05, 0) is 25.0 Å². The fourth-order valence-corrected chi connectivity index (χ4v) is 3.04. The summed E-state index contributed by atoms with van der Waals surface area (Å²) in [6.45, 7) is 0.667. The maximum atomic E-state index is 11.9. The van der Waals surface area contributed by atoms with Crippen LogP contribution in [0.2, 0.25) is 0 Å². The van der Waals surface area contributed by atoms with Crippen LogP contribution in [0.1, 0.15) is 12.8 Å². The van der Waals surface area contributed by atoms with Crippen molar-refractivity contribution in [3.63, 3.8) is 0 Å². The van der Waals surface area contributed by atoms with Crippen LogP contribution in [0.15, 0.2) is 34.1 Å². The SMILES string of the molecule is O=C(Nc1nc(-c2ccc(Br)cc2)cs1)[C@@H]1CCCO1. The first-order valence-electron chi connectivity index (χ1n) is 6.36. The Kier molecular flexibility index (Phi) is 4.14. The fourth-order valence-electron chi connectivity index (χ4n) is 2.05. The van der Waals surface area contributed by atoms with Gasteiger partial charge in [-0.25, -0.2) is 4.98 Å². The van der Waals surface area contributed by atoms with Crippen LogP contribution in [-0.2, 0) is 9.53 Å². The van der Waals surface area contributed by atoms with E-state index in [-0.39, 0.29) is 12.0 Å². The number of nitrogens with zero attached hydrogens (tertiary/aromatic N) is 1. The van der Waals surface area contributed by atoms with Crippen LogP contribution in [-0.4, -0.2) is 23.6 Å². The molecule has 1 amide bonds. The lowest BCUT2D eigenvalue weighted by atomic mass is 10.2. The molecule has 1 saturated heterocycles. The van der Waals surface area contributed by atoms with Crippen LogP contribution in [0, 0.1) is 0 Å². The van der Waals surface area contributed by atoms with E-state index in [1.165, 1.54) is 11.3 Å². The highest BCUT2D eigenvalue weighted by Crippen LogP contribution is 2.26. The molecule has 0 spiro atoms. The summed E-state index contributed by atoms with van der Waals surface area (Å²) in [5.41, 5.74) is 1.90. The van der Waals surface area contributed by atoms with Crippen molar-refractivity contribution in [2.75, 3.05) is 11.9 Å². The molecule has 2 aromatic rings. The third-order valence-corrected chi connectivity index (χ3v) is 4.38. The minimum atomic E-state index is -0.324. The summed E-state index contributed by atoms with van der Waals surface area (Å²) in [4.78, 5) is 16.4. The minimum absolute atomic E-state index is 0.0980. The second-order valence-electron chi connectivity index (χ2n) is 4.54. The van der Waals surface area contributed by atoms with Gasteiger partial charge in [0.15, 0.2) is 5.13 Å². The predicted octanol–water partition coefficient (Wildman–Crippen LogP) is 3.69. The second-order valence-corrected chi connectivity index (χ2v) is 6.31. The van der Waals surface area contributed by atoms with Crippen molar-refractivity contribution in [1.82, 2.24) is 4.98 Å². The van der Waals surface area contributed by atoms with E-state index >= 15 is 0 Å². The monoisotopic (exact) mass is 352 g/mol. The van der Waals surface area contributed by atoms with Crippen LogP contribution < -0.4 is 5.32 Å². The molecule has 104 valence electrons. The van der Waals surface area contributed by atoms with Crippen molar-refractivity contribution in [3.8, 4) is 11.3 Å². The largest absolute Gasteiger partial charge is 0.368 e. The summed E-state index contributed by atoms with van der Waals surface area (Å²) in [5.74, 6) is -0.0980. The van der Waals surface area contributed by atoms with E-state index in [1.54, 1.807) is 0 Å². The molecule has 1 N–H and O–H groups in total. The number of hydrogen-bond acceptors (Lipinski definition) is 4. The number of anilines is 1. The van der Waals surface area contributed by atoms with Crippen LogP contribution in [0.25, 0.3) is 11.3 Å². The quantitative estimate of drug-likeness (QED) is 0.916. The van der Waals surface area contributed by atoms with Crippen LogP contribution >= 0.6 is 27.3 Å². The molecule has 20 heavy (non-hydrogen) atoms. The molecule has 6 heteroatoms. The standard InChI is InChI=1S/C14H13BrN2O2S/c15-10-5-3-9(4-6-10)11-8-20-14(16-11)17-13(18)12-2-1-7-19-12/h3-6,8,12H,1-2,7H2,(H,16,17,18)/t12-/m0/s1. The summed E-state index contributed by atoms with van der Waals surface area (Å²) in [7, 11) is 0. The number of carbonyl (C=O) groups is 1. The third kappa shape index (κ3) is 3.08. The van der Waals surface area contributed by atoms with Crippen LogP contribution in [0.5, 0.6) is 0 Å². The van der Waals surface area contributed by atoms with Crippen molar-refractivity contribution in [1.29, 1.82) is 0 Å². The molecule has 1 aliphatic heterocycles. The van der Waals surface area contributed by atoms with E-state index in [4.69, 9.17) is 4.74 Å². The molecular weight excluding hydrogens is 340 g/mol. The highest BCUT2D eigenvalue weighted by Gasteiger charge is 2.24. The number of ether oxygens (including phenoxy) is 1. The molecule has 0 bridgehead atoms. The van der Waals surface area contributed by atoms with Crippen molar-refractivity contribution >= 4 is 38.3 Å². The fraction of sp³-hybridized carbons (Fsp3) is 0.286. The number of carbonyl (C=O) groups excluding carboxylic acids is 1. The number of rotatable bonds is 3. The summed E-state index contributed by atoms with van der Waals surface area (Å²) < 4.78 is 6.38. The zero-order valence-electron chi connectivity index (χ0n) is 10.6. The molecule has 4 nitrogen and oxygen atoms in total. The zero-order valence-corrected chi connectivity index (χ0v) is 13.0. The summed E-state index contributed by atoms with van der Waals surface area (Å²) >= 11 is 4.83. The lowest BCUT2D eigenvalue weighted by Gasteiger charge is -2.07. The van der Waals surface area contributed by atoms with Crippen LogP contribution in [0.3, 0.4) is 0 Å². The van der Waals surface area contributed by atoms with Gasteiger partial charge < -0.3 is 4.74 Å². The van der Waals surface area contributed by atoms with Crippen molar-refractivity contribution in [3.05, 3.63) is 34.1 Å². The van der Waals surface area contributed by atoms with Gasteiger partial charge in [-0.15, -0.1) is 11.3 Å². The first kappa shape index (κ1) is 13.7. The Balaban J connectivity index is 1.70. The molecule has 1 atom stereocenters. The molecular formula is C14H13BrN2O2S. The highest BCUT2D eigenvalue weighted by molar-refractivity contribution is 9.10. The molecule has 1 aromatic heterocycles. The van der Waals surface area contributed by atoms with E-state index in [0.29, 0.717) is 11.7 Å². The second kappa shape index (κ2) is 6.03. The maximum absolute atomic E-state index is 11.9. The molecule has 3 rings (SSSR count). The van der Waals surface area contributed by atoms with Crippen molar-refractivity contribution in [2.24, 2.45) is 0 Å². The summed E-state index contributed by atoms with van der Waals surface area (Å²) in [5, 5.41) is 5.37. The number of amides is 1. The summed E-state index contributed by atoms with van der Waals surface area (Å²) in [6.07, 6.45) is 1.41. The topological polar surface area (TPSA) is 51.2 Å². The van der Waals surface area contributed by atoms with Gasteiger partial charge in [0.2, 0.25) is 0 Å². The van der Waals surface area contributed by atoms with E-state index in [0.717, 1.165) is 28.6 Å². The smallest absolute Gasteiger partial charge is 0.255 e. The number of hydrogen-bond donors (Lipinski definition) is 1. The van der Waals surface area contributed by atoms with E-state index in [2.05, 4.69) is 26.2 Å².